The van der Waals surface area contributed by atoms with Gasteiger partial charge in [0.05, 0.1) is 17.7 Å². The minimum Gasteiger partial charge on any atom is -0.464 e. The third-order valence-corrected chi connectivity index (χ3v) is 6.83. The number of carbonyl (C=O) groups excluding carboxylic acids is 2. The van der Waals surface area contributed by atoms with Crippen molar-refractivity contribution in [2.24, 2.45) is 5.73 Å². The van der Waals surface area contributed by atoms with E-state index in [1.165, 1.54) is 43.5 Å². The average Bonchev–Trinajstić information content (AvgIpc) is 2.88. The molecule has 0 atom stereocenters. The molecule has 0 bridgehead atoms. The fraction of sp³-hybridized carbons (Fsp3) is 0.0400. The highest BCUT2D eigenvalue weighted by atomic mass is 32.2. The second kappa shape index (κ2) is 10.1. The molecule has 0 saturated heterocycles. The predicted molar refractivity (Wildman–Crippen MR) is 141 cm³/mol. The lowest BCUT2D eigenvalue weighted by Crippen LogP contribution is -2.19. The zero-order valence-corrected chi connectivity index (χ0v) is 20.5. The number of benzene rings is 3. The van der Waals surface area contributed by atoms with Crippen LogP contribution in [0.1, 0.15) is 26.4 Å². The minimum absolute atomic E-state index is 0.0175. The standard InChI is InChI=1S/C25H20N4O5S2/c1-34-25(31)21-13-12-20(23(27-21)28-24(30)17-8-6-16(7-9-17)22(26)35)29-36(32,33)19-11-10-15-4-2-3-5-18(15)14-19/h2-14,29H,1H3,(H2,26,35)(H,27,28,30). The molecule has 0 saturated carbocycles. The molecule has 4 rings (SSSR count). The molecule has 36 heavy (non-hydrogen) atoms. The highest BCUT2D eigenvalue weighted by molar-refractivity contribution is 7.92. The maximum Gasteiger partial charge on any atom is 0.356 e. The van der Waals surface area contributed by atoms with E-state index in [0.29, 0.717) is 5.56 Å². The molecule has 4 N–H and O–H groups in total. The number of thiocarbonyl (C=S) groups is 1. The number of rotatable bonds is 7. The Morgan fingerprint density at radius 1 is 0.917 bits per heavy atom. The van der Waals surface area contributed by atoms with E-state index in [2.05, 4.69) is 15.0 Å². The van der Waals surface area contributed by atoms with Crippen LogP contribution in [0.3, 0.4) is 0 Å². The summed E-state index contributed by atoms with van der Waals surface area (Å²) in [7, 11) is -2.88. The van der Waals surface area contributed by atoms with Crippen molar-refractivity contribution in [2.45, 2.75) is 4.90 Å². The van der Waals surface area contributed by atoms with Crippen molar-refractivity contribution in [3.8, 4) is 0 Å². The molecular weight excluding hydrogens is 500 g/mol. The molecule has 0 unspecified atom stereocenters. The number of esters is 1. The van der Waals surface area contributed by atoms with Gasteiger partial charge in [0.2, 0.25) is 0 Å². The Morgan fingerprint density at radius 3 is 2.25 bits per heavy atom. The number of pyridine rings is 1. The number of hydrogen-bond donors (Lipinski definition) is 3. The number of sulfonamides is 1. The van der Waals surface area contributed by atoms with Gasteiger partial charge in [-0.15, -0.1) is 0 Å². The van der Waals surface area contributed by atoms with Crippen LogP contribution in [0.2, 0.25) is 0 Å². The molecule has 0 radical (unpaired) electrons. The van der Waals surface area contributed by atoms with E-state index < -0.39 is 21.9 Å². The van der Waals surface area contributed by atoms with E-state index in [4.69, 9.17) is 22.7 Å². The Hall–Kier alpha value is -4.35. The van der Waals surface area contributed by atoms with Gasteiger partial charge >= 0.3 is 5.97 Å². The van der Waals surface area contributed by atoms with Gasteiger partial charge in [-0.1, -0.05) is 54.7 Å². The third kappa shape index (κ3) is 5.32. The zero-order chi connectivity index (χ0) is 25.9. The predicted octanol–water partition coefficient (Wildman–Crippen LogP) is 3.71. The number of nitrogens with one attached hydrogen (secondary N) is 2. The quantitative estimate of drug-likeness (QED) is 0.247. The molecule has 1 heterocycles. The highest BCUT2D eigenvalue weighted by Crippen LogP contribution is 2.26. The van der Waals surface area contributed by atoms with Crippen molar-refractivity contribution in [1.29, 1.82) is 0 Å². The van der Waals surface area contributed by atoms with Crippen LogP contribution < -0.4 is 15.8 Å². The summed E-state index contributed by atoms with van der Waals surface area (Å²) < 4.78 is 33.5. The molecule has 182 valence electrons. The summed E-state index contributed by atoms with van der Waals surface area (Å²) in [6.07, 6.45) is 0. The van der Waals surface area contributed by atoms with Gasteiger partial charge in [0.1, 0.15) is 4.99 Å². The van der Waals surface area contributed by atoms with Crippen LogP contribution in [-0.2, 0) is 14.8 Å². The lowest BCUT2D eigenvalue weighted by Gasteiger charge is -2.14. The minimum atomic E-state index is -4.07. The molecule has 0 spiro atoms. The van der Waals surface area contributed by atoms with Crippen LogP contribution in [0.15, 0.2) is 83.8 Å². The number of fused-ring (bicyclic) bond motifs is 1. The summed E-state index contributed by atoms with van der Waals surface area (Å²) in [4.78, 5) is 29.2. The monoisotopic (exact) mass is 520 g/mol. The molecule has 0 aliphatic heterocycles. The largest absolute Gasteiger partial charge is 0.464 e. The van der Waals surface area contributed by atoms with Gasteiger partial charge in [0, 0.05) is 11.1 Å². The molecule has 0 aliphatic rings. The van der Waals surface area contributed by atoms with E-state index in [1.807, 2.05) is 18.2 Å². The maximum absolute atomic E-state index is 13.2. The molecule has 11 heteroatoms. The lowest BCUT2D eigenvalue weighted by molar-refractivity contribution is 0.0594. The fourth-order valence-electron chi connectivity index (χ4n) is 3.36. The summed E-state index contributed by atoms with van der Waals surface area (Å²) in [5.74, 6) is -1.52. The Kier molecular flexibility index (Phi) is 6.95. The molecule has 4 aromatic rings. The van der Waals surface area contributed by atoms with E-state index in [1.54, 1.807) is 24.3 Å². The third-order valence-electron chi connectivity index (χ3n) is 5.23. The van der Waals surface area contributed by atoms with E-state index in [9.17, 15) is 18.0 Å². The van der Waals surface area contributed by atoms with Crippen LogP contribution in [-0.4, -0.2) is 37.4 Å². The lowest BCUT2D eigenvalue weighted by atomic mass is 10.1. The number of hydrogen-bond acceptors (Lipinski definition) is 7. The van der Waals surface area contributed by atoms with Gasteiger partial charge in [0.25, 0.3) is 15.9 Å². The highest BCUT2D eigenvalue weighted by Gasteiger charge is 2.21. The number of nitrogens with two attached hydrogens (primary N) is 1. The van der Waals surface area contributed by atoms with Crippen LogP contribution in [0, 0.1) is 0 Å². The summed E-state index contributed by atoms with van der Waals surface area (Å²) in [5, 5.41) is 4.18. The SMILES string of the molecule is COC(=O)c1ccc(NS(=O)(=O)c2ccc3ccccc3c2)c(NC(=O)c2ccc(C(N)=S)cc2)n1. The first-order chi connectivity index (χ1) is 17.2. The van der Waals surface area contributed by atoms with Gasteiger partial charge in [-0.25, -0.2) is 18.2 Å². The number of carbonyl (C=O) groups is 2. The van der Waals surface area contributed by atoms with Crippen molar-refractivity contribution in [1.82, 2.24) is 4.98 Å². The number of nitrogens with zero attached hydrogens (tertiary/aromatic N) is 1. The number of aromatic nitrogens is 1. The molecule has 1 aromatic heterocycles. The molecule has 1 amide bonds. The number of methoxy groups -OCH3 is 1. The molecule has 9 nitrogen and oxygen atoms in total. The van der Waals surface area contributed by atoms with Crippen LogP contribution in [0.5, 0.6) is 0 Å². The molecule has 0 fully saturated rings. The smallest absolute Gasteiger partial charge is 0.356 e. The maximum atomic E-state index is 13.2. The van der Waals surface area contributed by atoms with Crippen molar-refractivity contribution >= 4 is 61.4 Å². The van der Waals surface area contributed by atoms with Crippen molar-refractivity contribution in [3.63, 3.8) is 0 Å². The van der Waals surface area contributed by atoms with Gasteiger partial charge < -0.3 is 15.8 Å². The first kappa shape index (κ1) is 24.8. The fourth-order valence-corrected chi connectivity index (χ4v) is 4.60. The summed E-state index contributed by atoms with van der Waals surface area (Å²) in [6, 6.07) is 20.8. The average molecular weight is 521 g/mol. The topological polar surface area (TPSA) is 140 Å². The Bertz CT molecular complexity index is 1600. The Balaban J connectivity index is 1.68. The summed E-state index contributed by atoms with van der Waals surface area (Å²) in [6.45, 7) is 0. The van der Waals surface area contributed by atoms with E-state index in [-0.39, 0.29) is 32.6 Å². The van der Waals surface area contributed by atoms with Crippen LogP contribution in [0.25, 0.3) is 10.8 Å². The second-order valence-corrected chi connectivity index (χ2v) is 9.72. The Labute approximate surface area is 212 Å². The number of amides is 1. The second-order valence-electron chi connectivity index (χ2n) is 7.59. The van der Waals surface area contributed by atoms with Gasteiger partial charge in [0.15, 0.2) is 11.5 Å². The van der Waals surface area contributed by atoms with E-state index >= 15 is 0 Å². The van der Waals surface area contributed by atoms with Crippen molar-refractivity contribution < 1.29 is 22.7 Å². The molecule has 3 aromatic carbocycles. The first-order valence-corrected chi connectivity index (χ1v) is 12.4. The van der Waals surface area contributed by atoms with Crippen molar-refractivity contribution in [2.75, 3.05) is 17.1 Å². The van der Waals surface area contributed by atoms with Gasteiger partial charge in [-0.2, -0.15) is 0 Å². The molecular formula is C25H20N4O5S2. The Morgan fingerprint density at radius 2 is 1.58 bits per heavy atom. The molecule has 0 aliphatic carbocycles. The summed E-state index contributed by atoms with van der Waals surface area (Å²) >= 11 is 4.92. The van der Waals surface area contributed by atoms with Gasteiger partial charge in [-0.05, 0) is 47.2 Å². The number of ether oxygens (including phenoxy) is 1. The first-order valence-electron chi connectivity index (χ1n) is 10.5. The van der Waals surface area contributed by atoms with Crippen LogP contribution in [0.4, 0.5) is 11.5 Å². The van der Waals surface area contributed by atoms with Crippen LogP contribution >= 0.6 is 12.2 Å². The number of anilines is 2. The van der Waals surface area contributed by atoms with Gasteiger partial charge in [-0.3, -0.25) is 9.52 Å². The zero-order valence-electron chi connectivity index (χ0n) is 18.9. The summed E-state index contributed by atoms with van der Waals surface area (Å²) in [5.41, 5.74) is 6.25. The van der Waals surface area contributed by atoms with E-state index in [0.717, 1.165) is 10.8 Å². The normalized spacial score (nSPS) is 11.0. The van der Waals surface area contributed by atoms with Crippen molar-refractivity contribution in [3.05, 3.63) is 95.7 Å².